The molecular weight excluding hydrogens is 364 g/mol. The van der Waals surface area contributed by atoms with E-state index in [0.29, 0.717) is 12.4 Å². The number of nitrogens with zero attached hydrogens (tertiary/aromatic N) is 3. The minimum absolute atomic E-state index is 0.00436. The van der Waals surface area contributed by atoms with Gasteiger partial charge in [0.05, 0.1) is 17.8 Å². The van der Waals surface area contributed by atoms with Gasteiger partial charge in [0.1, 0.15) is 5.82 Å². The van der Waals surface area contributed by atoms with Gasteiger partial charge >= 0.3 is 0 Å². The van der Waals surface area contributed by atoms with E-state index < -0.39 is 0 Å². The Morgan fingerprint density at radius 3 is 2.21 bits per heavy atom. The van der Waals surface area contributed by atoms with Gasteiger partial charge in [0, 0.05) is 23.9 Å². The Morgan fingerprint density at radius 1 is 1.14 bits per heavy atom. The molecule has 0 fully saturated rings. The fourth-order valence-electron chi connectivity index (χ4n) is 3.26. The minimum atomic E-state index is -0.264. The molecule has 0 saturated carbocycles. The van der Waals surface area contributed by atoms with Crippen LogP contribution in [0.25, 0.3) is 0 Å². The Hall–Kier alpha value is -1.85. The van der Waals surface area contributed by atoms with Gasteiger partial charge in [0.15, 0.2) is 0 Å². The number of hydrogen-bond donors (Lipinski definition) is 1. The van der Waals surface area contributed by atoms with Crippen molar-refractivity contribution < 1.29 is 9.59 Å². The van der Waals surface area contributed by atoms with Crippen LogP contribution in [0.5, 0.6) is 0 Å². The van der Waals surface area contributed by atoms with Crippen molar-refractivity contribution in [2.45, 2.75) is 99.0 Å². The van der Waals surface area contributed by atoms with E-state index >= 15 is 0 Å². The first kappa shape index (κ1) is 25.2. The van der Waals surface area contributed by atoms with Gasteiger partial charge in [-0.15, -0.1) is 0 Å². The molecule has 1 aromatic heterocycles. The van der Waals surface area contributed by atoms with Crippen LogP contribution in [0.3, 0.4) is 0 Å². The summed E-state index contributed by atoms with van der Waals surface area (Å²) < 4.78 is 1.86. The quantitative estimate of drug-likeness (QED) is 0.632. The average molecular weight is 407 g/mol. The van der Waals surface area contributed by atoms with Gasteiger partial charge in [-0.25, -0.2) is 4.68 Å². The summed E-state index contributed by atoms with van der Waals surface area (Å²) >= 11 is 0. The summed E-state index contributed by atoms with van der Waals surface area (Å²) in [6.45, 7) is 19.2. The van der Waals surface area contributed by atoms with Crippen LogP contribution in [-0.2, 0) is 20.5 Å². The van der Waals surface area contributed by atoms with Gasteiger partial charge in [-0.05, 0) is 40.5 Å². The molecule has 1 atom stereocenters. The topological polar surface area (TPSA) is 67.2 Å². The summed E-state index contributed by atoms with van der Waals surface area (Å²) in [5.74, 6) is 0.568. The number of amides is 2. The number of carbonyl (C=O) groups is 2. The number of aromatic nitrogens is 2. The van der Waals surface area contributed by atoms with Crippen molar-refractivity contribution in [1.29, 1.82) is 0 Å². The molecule has 1 heterocycles. The van der Waals surface area contributed by atoms with Crippen LogP contribution < -0.4 is 5.32 Å². The van der Waals surface area contributed by atoms with E-state index in [1.54, 1.807) is 4.90 Å². The number of carbonyl (C=O) groups excluding carboxylic acids is 2. The van der Waals surface area contributed by atoms with E-state index in [4.69, 9.17) is 5.10 Å². The molecule has 1 N–H and O–H groups in total. The number of likely N-dealkylation sites (N-methyl/N-ethyl adjacent to an activating group) is 1. The lowest BCUT2D eigenvalue weighted by atomic mass is 9.92. The normalized spacial score (nSPS) is 13.3. The third-order valence-electron chi connectivity index (χ3n) is 5.16. The second-order valence-corrected chi connectivity index (χ2v) is 9.90. The zero-order valence-corrected chi connectivity index (χ0v) is 20.1. The molecular formula is C23H42N4O2. The van der Waals surface area contributed by atoms with Gasteiger partial charge in [-0.1, -0.05) is 47.5 Å². The second kappa shape index (κ2) is 10.3. The predicted octanol–water partition coefficient (Wildman–Crippen LogP) is 4.94. The molecule has 1 aromatic rings. The first-order chi connectivity index (χ1) is 13.3. The molecule has 0 spiro atoms. The molecule has 166 valence electrons. The highest BCUT2D eigenvalue weighted by Gasteiger charge is 2.27. The van der Waals surface area contributed by atoms with Crippen molar-refractivity contribution in [1.82, 2.24) is 14.7 Å². The van der Waals surface area contributed by atoms with Crippen molar-refractivity contribution in [2.24, 2.45) is 5.92 Å². The fourth-order valence-corrected chi connectivity index (χ4v) is 3.26. The predicted molar refractivity (Wildman–Crippen MR) is 120 cm³/mol. The Bertz CT molecular complexity index is 680. The van der Waals surface area contributed by atoms with Gasteiger partial charge < -0.3 is 10.2 Å². The molecule has 0 aliphatic heterocycles. The smallest absolute Gasteiger partial charge is 0.245 e. The molecule has 2 amide bonds. The van der Waals surface area contributed by atoms with Gasteiger partial charge in [0.25, 0.3) is 0 Å². The maximum Gasteiger partial charge on any atom is 0.245 e. The van der Waals surface area contributed by atoms with Crippen LogP contribution in [0.2, 0.25) is 0 Å². The van der Waals surface area contributed by atoms with Crippen LogP contribution in [0.15, 0.2) is 6.07 Å². The third kappa shape index (κ3) is 7.16. The van der Waals surface area contributed by atoms with Gasteiger partial charge in [-0.3, -0.25) is 9.59 Å². The number of rotatable bonds is 9. The molecule has 1 rings (SSSR count). The van der Waals surface area contributed by atoms with Crippen molar-refractivity contribution >= 4 is 17.6 Å². The van der Waals surface area contributed by atoms with E-state index in [0.717, 1.165) is 31.4 Å². The monoisotopic (exact) mass is 406 g/mol. The SMILES string of the molecule is CCCCC(CC)C(=O)N(CC)CC(=O)Nc1cc(C(C)(C)C)nn1C(C)(C)C. The highest BCUT2D eigenvalue weighted by atomic mass is 16.2. The van der Waals surface area contributed by atoms with E-state index in [1.165, 1.54) is 0 Å². The van der Waals surface area contributed by atoms with E-state index in [2.05, 4.69) is 53.8 Å². The molecule has 6 heteroatoms. The Balaban J connectivity index is 2.97. The van der Waals surface area contributed by atoms with Crippen LogP contribution in [0.4, 0.5) is 5.82 Å². The maximum absolute atomic E-state index is 12.9. The lowest BCUT2D eigenvalue weighted by molar-refractivity contribution is -0.138. The zero-order chi connectivity index (χ0) is 22.4. The summed E-state index contributed by atoms with van der Waals surface area (Å²) in [5.41, 5.74) is 0.547. The summed E-state index contributed by atoms with van der Waals surface area (Å²) in [6.07, 6.45) is 3.80. The van der Waals surface area contributed by atoms with Crippen molar-refractivity contribution in [3.63, 3.8) is 0 Å². The minimum Gasteiger partial charge on any atom is -0.333 e. The zero-order valence-electron chi connectivity index (χ0n) is 20.1. The third-order valence-corrected chi connectivity index (χ3v) is 5.16. The molecule has 0 saturated heterocycles. The van der Waals surface area contributed by atoms with Crippen LogP contribution in [0.1, 0.15) is 93.7 Å². The number of nitrogens with one attached hydrogen (secondary N) is 1. The molecule has 0 bridgehead atoms. The lowest BCUT2D eigenvalue weighted by Crippen LogP contribution is -2.41. The summed E-state index contributed by atoms with van der Waals surface area (Å²) in [4.78, 5) is 27.4. The highest BCUT2D eigenvalue weighted by molar-refractivity contribution is 5.94. The fraction of sp³-hybridized carbons (Fsp3) is 0.783. The van der Waals surface area contributed by atoms with E-state index in [9.17, 15) is 9.59 Å². The summed E-state index contributed by atoms with van der Waals surface area (Å²) in [7, 11) is 0. The second-order valence-electron chi connectivity index (χ2n) is 9.90. The number of anilines is 1. The molecule has 29 heavy (non-hydrogen) atoms. The van der Waals surface area contributed by atoms with Crippen molar-refractivity contribution in [2.75, 3.05) is 18.4 Å². The highest BCUT2D eigenvalue weighted by Crippen LogP contribution is 2.28. The Kier molecular flexibility index (Phi) is 8.91. The van der Waals surface area contributed by atoms with Crippen molar-refractivity contribution in [3.8, 4) is 0 Å². The van der Waals surface area contributed by atoms with Crippen LogP contribution >= 0.6 is 0 Å². The molecule has 6 nitrogen and oxygen atoms in total. The summed E-state index contributed by atoms with van der Waals surface area (Å²) in [5, 5.41) is 7.73. The molecule has 0 aliphatic rings. The first-order valence-corrected chi connectivity index (χ1v) is 11.0. The molecule has 0 aliphatic carbocycles. The molecule has 0 aromatic carbocycles. The largest absolute Gasteiger partial charge is 0.333 e. The summed E-state index contributed by atoms with van der Waals surface area (Å²) in [6, 6.07) is 1.94. The molecule has 0 radical (unpaired) electrons. The maximum atomic E-state index is 12.9. The van der Waals surface area contributed by atoms with Crippen molar-refractivity contribution in [3.05, 3.63) is 11.8 Å². The van der Waals surface area contributed by atoms with Crippen LogP contribution in [0, 0.1) is 5.92 Å². The standard InChI is InChI=1S/C23H42N4O2/c1-10-13-14-17(11-2)21(29)26(12-3)16-20(28)24-19-15-18(22(4,5)6)25-27(19)23(7,8)9/h15,17H,10-14,16H2,1-9H3,(H,24,28). The molecule has 1 unspecified atom stereocenters. The van der Waals surface area contributed by atoms with Gasteiger partial charge in [0.2, 0.25) is 11.8 Å². The lowest BCUT2D eigenvalue weighted by Gasteiger charge is -2.26. The van der Waals surface area contributed by atoms with Gasteiger partial charge in [-0.2, -0.15) is 5.10 Å². The number of hydrogen-bond acceptors (Lipinski definition) is 3. The van der Waals surface area contributed by atoms with E-state index in [1.807, 2.05) is 24.6 Å². The Labute approximate surface area is 177 Å². The first-order valence-electron chi connectivity index (χ1n) is 11.0. The Morgan fingerprint density at radius 2 is 1.76 bits per heavy atom. The average Bonchev–Trinajstić information content (AvgIpc) is 3.04. The van der Waals surface area contributed by atoms with Crippen LogP contribution in [-0.4, -0.2) is 39.6 Å². The number of unbranched alkanes of at least 4 members (excludes halogenated alkanes) is 1. The van der Waals surface area contributed by atoms with E-state index in [-0.39, 0.29) is 35.2 Å².